The van der Waals surface area contributed by atoms with Crippen LogP contribution in [0.5, 0.6) is 0 Å². The van der Waals surface area contributed by atoms with Crippen molar-refractivity contribution in [2.75, 3.05) is 6.54 Å². The number of amides is 3. The molecule has 4 N–H and O–H groups in total. The Bertz CT molecular complexity index is 3340. The Balaban J connectivity index is 0.905. The maximum absolute atomic E-state index is 14.4. The van der Waals surface area contributed by atoms with Gasteiger partial charge in [0.15, 0.2) is 5.69 Å². The van der Waals surface area contributed by atoms with Gasteiger partial charge in [0.1, 0.15) is 29.4 Å². The minimum atomic E-state index is -1.42. The monoisotopic (exact) mass is 1000 g/mol. The van der Waals surface area contributed by atoms with E-state index in [1.165, 1.54) is 6.26 Å². The summed E-state index contributed by atoms with van der Waals surface area (Å²) in [4.78, 5) is 68.8. The van der Waals surface area contributed by atoms with Crippen LogP contribution in [0.3, 0.4) is 0 Å². The quantitative estimate of drug-likeness (QED) is 0.0542. The van der Waals surface area contributed by atoms with Crippen molar-refractivity contribution in [3.63, 3.8) is 0 Å². The average molecular weight is 1010 g/mol. The molecule has 0 saturated carbocycles. The maximum Gasteiger partial charge on any atom is 0.326 e. The highest BCUT2D eigenvalue weighted by molar-refractivity contribution is 5.97. The molecule has 0 bridgehead atoms. The Kier molecular flexibility index (Phi) is 14.7. The molecule has 0 saturated heterocycles. The molecule has 0 fully saturated rings. The van der Waals surface area contributed by atoms with Gasteiger partial charge in [0, 0.05) is 30.8 Å². The fourth-order valence-electron chi connectivity index (χ4n) is 9.96. The van der Waals surface area contributed by atoms with Crippen molar-refractivity contribution in [1.82, 2.24) is 40.0 Å². The number of rotatable bonds is 20. The first kappa shape index (κ1) is 49.6. The maximum atomic E-state index is 14.4. The van der Waals surface area contributed by atoms with Crippen LogP contribution in [0.4, 0.5) is 0 Å². The Morgan fingerprint density at radius 2 is 0.868 bits per heavy atom. The number of carboxylic acid groups (broad SMARTS) is 1. The summed E-state index contributed by atoms with van der Waals surface area (Å²) in [5.41, 5.74) is 5.37. The summed E-state index contributed by atoms with van der Waals surface area (Å²) in [6.45, 7) is -0.613. The number of carbonyl (C=O) groups excluding carboxylic acids is 3. The number of benzene rings is 7. The van der Waals surface area contributed by atoms with Crippen LogP contribution in [-0.2, 0) is 38.3 Å². The minimum absolute atomic E-state index is 0.0727. The van der Waals surface area contributed by atoms with Crippen LogP contribution >= 0.6 is 0 Å². The van der Waals surface area contributed by atoms with E-state index in [1.807, 2.05) is 179 Å². The number of carbonyl (C=O) groups is 4. The minimum Gasteiger partial charge on any atom is -0.480 e. The van der Waals surface area contributed by atoms with E-state index >= 15 is 0 Å². The highest BCUT2D eigenvalue weighted by Gasteiger charge is 2.40. The van der Waals surface area contributed by atoms with Gasteiger partial charge in [-0.2, -0.15) is 0 Å². The van der Waals surface area contributed by atoms with Crippen molar-refractivity contribution in [1.29, 1.82) is 0 Å². The molecule has 2 atom stereocenters. The van der Waals surface area contributed by atoms with E-state index in [0.29, 0.717) is 17.0 Å². The molecule has 0 spiro atoms. The van der Waals surface area contributed by atoms with Crippen LogP contribution in [0.2, 0.25) is 0 Å². The summed E-state index contributed by atoms with van der Waals surface area (Å²) < 4.78 is 9.62. The van der Waals surface area contributed by atoms with E-state index in [1.54, 1.807) is 31.0 Å². The molecule has 76 heavy (non-hydrogen) atoms. The van der Waals surface area contributed by atoms with Gasteiger partial charge in [-0.1, -0.05) is 200 Å². The lowest BCUT2D eigenvalue weighted by molar-refractivity contribution is -0.141. The van der Waals surface area contributed by atoms with Gasteiger partial charge in [-0.15, -0.1) is 0 Å². The Hall–Kier alpha value is -9.95. The fourth-order valence-corrected chi connectivity index (χ4v) is 9.96. The second-order valence-corrected chi connectivity index (χ2v) is 18.2. The first-order chi connectivity index (χ1) is 37.2. The molecule has 3 aromatic heterocycles. The van der Waals surface area contributed by atoms with Crippen molar-refractivity contribution in [2.24, 2.45) is 0 Å². The lowest BCUT2D eigenvalue weighted by Gasteiger charge is -2.37. The standard InChI is InChI=1S/C62H52N8O6/c71-56(66-54(60(74)75)37-52-40-70(43-65-52)62(48-30-16-5-17-31-48,49-32-18-6-19-33-49)50-34-20-7-21-35-50)38-63-57(72)53(67-58(73)55-41-76-59(68-55)44-22-8-1-9-23-44)36-51-39-69(42-64-51)61(45-24-10-2-11-25-45,46-26-12-3-13-27-46)47-28-14-4-15-29-47/h1-35,39-43,53-54H,36-38H2,(H,63,72)(H,66,71)(H,67,73)(H,74,75)/t53-,54-/m0/s1. The summed E-state index contributed by atoms with van der Waals surface area (Å²) >= 11 is 0. The zero-order valence-corrected chi connectivity index (χ0v) is 41.1. The summed E-state index contributed by atoms with van der Waals surface area (Å²) in [5, 5.41) is 18.5. The zero-order chi connectivity index (χ0) is 52.3. The lowest BCUT2D eigenvalue weighted by Crippen LogP contribution is -2.52. The number of hydrogen-bond acceptors (Lipinski definition) is 8. The molecule has 3 heterocycles. The van der Waals surface area contributed by atoms with Gasteiger partial charge in [0.05, 0.1) is 30.6 Å². The van der Waals surface area contributed by atoms with E-state index in [0.717, 1.165) is 33.4 Å². The van der Waals surface area contributed by atoms with E-state index in [2.05, 4.69) is 62.3 Å². The molecule has 14 heteroatoms. The molecule has 0 aliphatic carbocycles. The second-order valence-electron chi connectivity index (χ2n) is 18.2. The molecule has 0 unspecified atom stereocenters. The number of aromatic nitrogens is 5. The van der Waals surface area contributed by atoms with Crippen molar-refractivity contribution >= 4 is 23.7 Å². The fraction of sp³-hybridized carbons (Fsp3) is 0.113. The van der Waals surface area contributed by atoms with Gasteiger partial charge < -0.3 is 34.6 Å². The highest BCUT2D eigenvalue weighted by atomic mass is 16.4. The molecule has 376 valence electrons. The summed E-state index contributed by atoms with van der Waals surface area (Å²) in [7, 11) is 0. The molecule has 14 nitrogen and oxygen atoms in total. The van der Waals surface area contributed by atoms with Gasteiger partial charge in [0.2, 0.25) is 17.7 Å². The molecule has 10 aromatic rings. The van der Waals surface area contributed by atoms with Crippen molar-refractivity contribution in [3.8, 4) is 11.5 Å². The first-order valence-electron chi connectivity index (χ1n) is 24.7. The third kappa shape index (κ3) is 10.2. The highest BCUT2D eigenvalue weighted by Crippen LogP contribution is 2.42. The van der Waals surface area contributed by atoms with Crippen LogP contribution in [0.25, 0.3) is 11.5 Å². The van der Waals surface area contributed by atoms with Gasteiger partial charge in [-0.25, -0.2) is 19.7 Å². The SMILES string of the molecule is O=C(CNC(=O)[C@H](Cc1cn(C(c2ccccc2)(c2ccccc2)c2ccccc2)cn1)NC(=O)c1coc(-c2ccccc2)n1)N[C@@H](Cc1cn(C(c2ccccc2)(c2ccccc2)c2ccccc2)cn1)C(=O)O. The second kappa shape index (κ2) is 22.4. The van der Waals surface area contributed by atoms with Crippen LogP contribution < -0.4 is 16.0 Å². The largest absolute Gasteiger partial charge is 0.480 e. The van der Waals surface area contributed by atoms with Crippen molar-refractivity contribution < 1.29 is 28.7 Å². The zero-order valence-electron chi connectivity index (χ0n) is 41.1. The van der Waals surface area contributed by atoms with Crippen LogP contribution in [0, 0.1) is 0 Å². The van der Waals surface area contributed by atoms with E-state index < -0.39 is 53.4 Å². The van der Waals surface area contributed by atoms with Crippen molar-refractivity contribution in [2.45, 2.75) is 36.0 Å². The number of carboxylic acids is 1. The van der Waals surface area contributed by atoms with Crippen LogP contribution in [-0.4, -0.2) is 71.5 Å². The predicted octanol–water partition coefficient (Wildman–Crippen LogP) is 8.68. The van der Waals surface area contributed by atoms with E-state index in [-0.39, 0.29) is 24.4 Å². The molecule has 0 aliphatic heterocycles. The Labute approximate surface area is 438 Å². The predicted molar refractivity (Wildman–Crippen MR) is 287 cm³/mol. The number of aliphatic carboxylic acids is 1. The number of imidazole rings is 2. The van der Waals surface area contributed by atoms with E-state index in [9.17, 15) is 24.3 Å². The smallest absolute Gasteiger partial charge is 0.326 e. The molecule has 0 aliphatic rings. The van der Waals surface area contributed by atoms with E-state index in [4.69, 9.17) is 9.40 Å². The third-order valence-corrected chi connectivity index (χ3v) is 13.5. The van der Waals surface area contributed by atoms with Crippen molar-refractivity contribution in [3.05, 3.63) is 294 Å². The number of nitrogens with one attached hydrogen (secondary N) is 3. The van der Waals surface area contributed by atoms with Gasteiger partial charge in [-0.3, -0.25) is 14.4 Å². The van der Waals surface area contributed by atoms with Gasteiger partial charge in [0.25, 0.3) is 5.91 Å². The number of hydrogen-bond donors (Lipinski definition) is 4. The number of nitrogens with zero attached hydrogens (tertiary/aromatic N) is 5. The molecule has 7 aromatic carbocycles. The van der Waals surface area contributed by atoms with Gasteiger partial charge in [-0.05, 0) is 45.5 Å². The van der Waals surface area contributed by atoms with Crippen LogP contribution in [0.15, 0.2) is 248 Å². The topological polar surface area (TPSA) is 186 Å². The summed E-state index contributed by atoms with van der Waals surface area (Å²) in [5.74, 6) is -3.29. The summed E-state index contributed by atoms with van der Waals surface area (Å²) in [6, 6.07) is 66.4. The molecule has 0 radical (unpaired) electrons. The Morgan fingerprint density at radius 1 is 0.500 bits per heavy atom. The normalized spacial score (nSPS) is 12.3. The first-order valence-corrected chi connectivity index (χ1v) is 24.7. The average Bonchev–Trinajstić information content (AvgIpc) is 4.29. The third-order valence-electron chi connectivity index (χ3n) is 13.5. The molecular weight excluding hydrogens is 953 g/mol. The van der Waals surface area contributed by atoms with Gasteiger partial charge >= 0.3 is 5.97 Å². The lowest BCUT2D eigenvalue weighted by atomic mass is 9.77. The molecule has 10 rings (SSSR count). The Morgan fingerprint density at radius 3 is 1.25 bits per heavy atom. The summed E-state index contributed by atoms with van der Waals surface area (Å²) in [6.07, 6.45) is 7.95. The number of oxazole rings is 1. The molecular formula is C62H52N8O6. The molecule has 3 amide bonds. The van der Waals surface area contributed by atoms with Crippen LogP contribution in [0.1, 0.15) is 55.3 Å².